The molecule has 1 aromatic heterocycles. The fourth-order valence-electron chi connectivity index (χ4n) is 3.81. The minimum atomic E-state index is -0.139. The molecule has 0 radical (unpaired) electrons. The molecular formula is C13H22N4O. The van der Waals surface area contributed by atoms with Crippen LogP contribution in [-0.2, 0) is 7.05 Å². The Labute approximate surface area is 107 Å². The lowest BCUT2D eigenvalue weighted by molar-refractivity contribution is 0.0825. The third-order valence-corrected chi connectivity index (χ3v) is 4.81. The summed E-state index contributed by atoms with van der Waals surface area (Å²) in [5.41, 5.74) is 0.522. The molecule has 1 atom stereocenters. The van der Waals surface area contributed by atoms with Crippen LogP contribution >= 0.6 is 0 Å². The Kier molecular flexibility index (Phi) is 2.81. The molecule has 2 N–H and O–H groups in total. The van der Waals surface area contributed by atoms with Crippen LogP contribution in [0.3, 0.4) is 0 Å². The van der Waals surface area contributed by atoms with Gasteiger partial charge in [-0.05, 0) is 38.0 Å². The molecule has 0 amide bonds. The number of hydrogen-bond acceptors (Lipinski definition) is 3. The number of aromatic nitrogens is 3. The van der Waals surface area contributed by atoms with Crippen molar-refractivity contribution < 1.29 is 0 Å². The van der Waals surface area contributed by atoms with E-state index in [9.17, 15) is 4.79 Å². The van der Waals surface area contributed by atoms with E-state index in [0.29, 0.717) is 11.5 Å². The second kappa shape index (κ2) is 4.23. The van der Waals surface area contributed by atoms with Crippen molar-refractivity contribution in [2.45, 2.75) is 57.5 Å². The first kappa shape index (κ1) is 12.0. The van der Waals surface area contributed by atoms with Gasteiger partial charge in [-0.2, -0.15) is 5.10 Å². The van der Waals surface area contributed by atoms with Crippen LogP contribution in [-0.4, -0.2) is 20.8 Å². The molecule has 2 fully saturated rings. The van der Waals surface area contributed by atoms with Gasteiger partial charge in [-0.1, -0.05) is 12.8 Å². The third-order valence-electron chi connectivity index (χ3n) is 4.81. The van der Waals surface area contributed by atoms with Gasteiger partial charge in [0.15, 0.2) is 0 Å². The Bertz CT molecular complexity index is 475. The average molecular weight is 250 g/mol. The van der Waals surface area contributed by atoms with Crippen LogP contribution in [0.2, 0.25) is 0 Å². The fraction of sp³-hybridized carbons (Fsp3) is 0.846. The third kappa shape index (κ3) is 1.90. The summed E-state index contributed by atoms with van der Waals surface area (Å²) >= 11 is 0. The van der Waals surface area contributed by atoms with Crippen LogP contribution in [0, 0.1) is 5.41 Å². The molecule has 1 unspecified atom stereocenters. The fourth-order valence-corrected chi connectivity index (χ4v) is 3.81. The lowest BCUT2D eigenvalue weighted by Gasteiger charge is -2.46. The maximum atomic E-state index is 11.3. The van der Waals surface area contributed by atoms with Gasteiger partial charge < -0.3 is 5.32 Å². The summed E-state index contributed by atoms with van der Waals surface area (Å²) in [5, 5.41) is 10.2. The van der Waals surface area contributed by atoms with Crippen LogP contribution in [0.15, 0.2) is 4.79 Å². The number of hydrogen-bond donors (Lipinski definition) is 2. The van der Waals surface area contributed by atoms with Crippen LogP contribution < -0.4 is 11.0 Å². The van der Waals surface area contributed by atoms with Crippen LogP contribution in [0.1, 0.15) is 57.3 Å². The molecule has 2 aliphatic carbocycles. The van der Waals surface area contributed by atoms with E-state index in [0.717, 1.165) is 5.82 Å². The van der Waals surface area contributed by atoms with E-state index in [1.54, 1.807) is 11.6 Å². The zero-order valence-corrected chi connectivity index (χ0v) is 11.2. The average Bonchev–Trinajstić information content (AvgIpc) is 2.87. The Morgan fingerprint density at radius 1 is 1.44 bits per heavy atom. The Morgan fingerprint density at radius 2 is 2.11 bits per heavy atom. The highest BCUT2D eigenvalue weighted by molar-refractivity contribution is 5.03. The van der Waals surface area contributed by atoms with E-state index in [1.807, 2.05) is 0 Å². The monoisotopic (exact) mass is 250 g/mol. The molecule has 2 aliphatic rings. The Morgan fingerprint density at radius 3 is 2.67 bits per heavy atom. The number of H-pyrrole nitrogens is 1. The summed E-state index contributed by atoms with van der Waals surface area (Å²) in [6.45, 7) is 2.08. The van der Waals surface area contributed by atoms with Gasteiger partial charge in [-0.25, -0.2) is 9.89 Å². The standard InChI is InChI=1S/C13H22N4O/c1-9(11-15-16-12(18)17(11)2)14-10-7-13(8-10)5-3-4-6-13/h9-10,14H,3-8H2,1-2H3,(H,16,18). The molecule has 18 heavy (non-hydrogen) atoms. The number of rotatable bonds is 3. The SMILES string of the molecule is CC(NC1CC2(CCCC2)C1)c1n[nH]c(=O)n1C. The van der Waals surface area contributed by atoms with Crippen LogP contribution in [0.25, 0.3) is 0 Å². The smallest absolute Gasteiger partial charge is 0.305 e. The van der Waals surface area contributed by atoms with Gasteiger partial charge >= 0.3 is 5.69 Å². The van der Waals surface area contributed by atoms with Crippen molar-refractivity contribution >= 4 is 0 Å². The number of aromatic amines is 1. The predicted octanol–water partition coefficient (Wildman–Crippen LogP) is 1.48. The predicted molar refractivity (Wildman–Crippen MR) is 69.3 cm³/mol. The summed E-state index contributed by atoms with van der Waals surface area (Å²) in [6.07, 6.45) is 8.26. The van der Waals surface area contributed by atoms with E-state index < -0.39 is 0 Å². The maximum absolute atomic E-state index is 11.3. The van der Waals surface area contributed by atoms with Crippen molar-refractivity contribution in [2.24, 2.45) is 12.5 Å². The van der Waals surface area contributed by atoms with E-state index in [-0.39, 0.29) is 11.7 Å². The van der Waals surface area contributed by atoms with Crippen molar-refractivity contribution in [2.75, 3.05) is 0 Å². The Hall–Kier alpha value is -1.10. The van der Waals surface area contributed by atoms with Crippen LogP contribution in [0.4, 0.5) is 0 Å². The highest BCUT2D eigenvalue weighted by Crippen LogP contribution is 2.53. The molecule has 5 nitrogen and oxygen atoms in total. The molecule has 100 valence electrons. The van der Waals surface area contributed by atoms with Gasteiger partial charge in [0.1, 0.15) is 5.82 Å². The summed E-state index contributed by atoms with van der Waals surface area (Å²) in [5.74, 6) is 0.798. The van der Waals surface area contributed by atoms with Crippen molar-refractivity contribution in [3.63, 3.8) is 0 Å². The number of nitrogens with one attached hydrogen (secondary N) is 2. The lowest BCUT2D eigenvalue weighted by atomic mass is 9.64. The molecule has 0 aromatic carbocycles. The summed E-state index contributed by atoms with van der Waals surface area (Å²) in [6, 6.07) is 0.739. The van der Waals surface area contributed by atoms with Crippen molar-refractivity contribution in [3.05, 3.63) is 16.3 Å². The zero-order valence-electron chi connectivity index (χ0n) is 11.2. The lowest BCUT2D eigenvalue weighted by Crippen LogP contribution is -2.48. The topological polar surface area (TPSA) is 62.7 Å². The quantitative estimate of drug-likeness (QED) is 0.854. The second-order valence-electron chi connectivity index (χ2n) is 6.15. The van der Waals surface area contributed by atoms with Crippen LogP contribution in [0.5, 0.6) is 0 Å². The van der Waals surface area contributed by atoms with Gasteiger partial charge in [0.25, 0.3) is 0 Å². The highest BCUT2D eigenvalue weighted by Gasteiger charge is 2.45. The van der Waals surface area contributed by atoms with Crippen molar-refractivity contribution in [1.29, 1.82) is 0 Å². The molecule has 3 rings (SSSR count). The zero-order chi connectivity index (χ0) is 12.8. The van der Waals surface area contributed by atoms with E-state index in [4.69, 9.17) is 0 Å². The Balaban J connectivity index is 1.58. The largest absolute Gasteiger partial charge is 0.343 e. The van der Waals surface area contributed by atoms with Gasteiger partial charge in [-0.3, -0.25) is 4.57 Å². The summed E-state index contributed by atoms with van der Waals surface area (Å²) < 4.78 is 1.58. The van der Waals surface area contributed by atoms with Gasteiger partial charge in [0.05, 0.1) is 6.04 Å². The summed E-state index contributed by atoms with van der Waals surface area (Å²) in [4.78, 5) is 11.3. The first-order valence-corrected chi connectivity index (χ1v) is 6.97. The first-order chi connectivity index (χ1) is 8.60. The molecule has 0 saturated heterocycles. The molecule has 5 heteroatoms. The molecule has 0 bridgehead atoms. The second-order valence-corrected chi connectivity index (χ2v) is 6.15. The maximum Gasteiger partial charge on any atom is 0.343 e. The molecule has 1 aromatic rings. The minimum Gasteiger partial charge on any atom is -0.305 e. The van der Waals surface area contributed by atoms with E-state index >= 15 is 0 Å². The molecule has 1 spiro atoms. The first-order valence-electron chi connectivity index (χ1n) is 6.97. The minimum absolute atomic E-state index is 0.137. The van der Waals surface area contributed by atoms with E-state index in [2.05, 4.69) is 22.4 Å². The van der Waals surface area contributed by atoms with Crippen molar-refractivity contribution in [1.82, 2.24) is 20.1 Å². The molecule has 1 heterocycles. The molecule has 0 aliphatic heterocycles. The van der Waals surface area contributed by atoms with Gasteiger partial charge in [-0.15, -0.1) is 0 Å². The van der Waals surface area contributed by atoms with Crippen molar-refractivity contribution in [3.8, 4) is 0 Å². The summed E-state index contributed by atoms with van der Waals surface area (Å²) in [7, 11) is 1.76. The molecule has 2 saturated carbocycles. The molecular weight excluding hydrogens is 228 g/mol. The van der Waals surface area contributed by atoms with Gasteiger partial charge in [0.2, 0.25) is 0 Å². The number of nitrogens with zero attached hydrogens (tertiary/aromatic N) is 2. The normalized spacial score (nSPS) is 24.3. The van der Waals surface area contributed by atoms with E-state index in [1.165, 1.54) is 38.5 Å². The highest BCUT2D eigenvalue weighted by atomic mass is 16.1. The van der Waals surface area contributed by atoms with Gasteiger partial charge in [0, 0.05) is 13.1 Å².